The summed E-state index contributed by atoms with van der Waals surface area (Å²) in [6.45, 7) is 6.29. The molecule has 2 heterocycles. The van der Waals surface area contributed by atoms with Gasteiger partial charge in [0.1, 0.15) is 17.2 Å². The Morgan fingerprint density at radius 2 is 1.87 bits per heavy atom. The van der Waals surface area contributed by atoms with E-state index >= 15 is 0 Å². The molecular weight excluding hydrogens is 385 g/mol. The molecule has 1 N–H and O–H groups in total. The molecule has 1 amide bonds. The van der Waals surface area contributed by atoms with Crippen LogP contribution in [0.15, 0.2) is 36.4 Å². The van der Waals surface area contributed by atoms with Gasteiger partial charge in [0.05, 0.1) is 17.6 Å². The summed E-state index contributed by atoms with van der Waals surface area (Å²) >= 11 is 0. The maximum Gasteiger partial charge on any atom is 0.253 e. The molecule has 4 rings (SSSR count). The van der Waals surface area contributed by atoms with Crippen LogP contribution in [0.5, 0.6) is 5.75 Å². The number of carbonyl (C=O) groups excluding carboxylic acids is 2. The van der Waals surface area contributed by atoms with Gasteiger partial charge >= 0.3 is 0 Å². The smallest absolute Gasteiger partial charge is 0.253 e. The van der Waals surface area contributed by atoms with Gasteiger partial charge in [-0.05, 0) is 62.2 Å². The van der Waals surface area contributed by atoms with Crippen LogP contribution in [0.25, 0.3) is 0 Å². The minimum Gasteiger partial charge on any atom is -0.486 e. The van der Waals surface area contributed by atoms with Crippen molar-refractivity contribution in [1.29, 1.82) is 0 Å². The number of piperidine rings is 1. The van der Waals surface area contributed by atoms with E-state index in [0.717, 1.165) is 11.1 Å². The Labute approximate surface area is 175 Å². The number of ketones is 1. The molecule has 0 aromatic heterocycles. The van der Waals surface area contributed by atoms with E-state index in [1.54, 1.807) is 30.9 Å². The molecular formula is C24H26FNO4. The van der Waals surface area contributed by atoms with E-state index in [-0.39, 0.29) is 18.1 Å². The average molecular weight is 411 g/mol. The summed E-state index contributed by atoms with van der Waals surface area (Å²) in [5, 5.41) is 10.2. The molecule has 30 heavy (non-hydrogen) atoms. The molecule has 5 nitrogen and oxygen atoms in total. The summed E-state index contributed by atoms with van der Waals surface area (Å²) in [6, 6.07) is 9.39. The topological polar surface area (TPSA) is 66.8 Å². The quantitative estimate of drug-likeness (QED) is 0.811. The molecule has 0 aliphatic carbocycles. The average Bonchev–Trinajstić information content (AvgIpc) is 2.68. The summed E-state index contributed by atoms with van der Waals surface area (Å²) in [5.74, 6) is -0.216. The third-order valence-corrected chi connectivity index (χ3v) is 6.15. The van der Waals surface area contributed by atoms with Gasteiger partial charge < -0.3 is 14.7 Å². The highest BCUT2D eigenvalue weighted by molar-refractivity contribution is 6.00. The molecule has 0 atom stereocenters. The van der Waals surface area contributed by atoms with E-state index in [9.17, 15) is 19.1 Å². The van der Waals surface area contributed by atoms with Crippen molar-refractivity contribution < 1.29 is 23.8 Å². The summed E-state index contributed by atoms with van der Waals surface area (Å²) < 4.78 is 19.6. The first-order valence-electron chi connectivity index (χ1n) is 10.2. The second-order valence-corrected chi connectivity index (χ2v) is 8.91. The molecule has 2 aliphatic heterocycles. The molecule has 1 spiro atoms. The van der Waals surface area contributed by atoms with E-state index in [1.165, 1.54) is 18.2 Å². The van der Waals surface area contributed by atoms with Gasteiger partial charge in [0.15, 0.2) is 5.78 Å². The SMILES string of the molecule is Cc1cc(C(=O)N2CCC3(CC2)CC(=O)c2cc(F)ccc2O3)ccc1C(C)(C)O. The fourth-order valence-electron chi connectivity index (χ4n) is 4.53. The third-order valence-electron chi connectivity index (χ3n) is 6.15. The lowest BCUT2D eigenvalue weighted by molar-refractivity contribution is -0.00582. The number of nitrogens with zero attached hydrogens (tertiary/aromatic N) is 1. The van der Waals surface area contributed by atoms with Crippen LogP contribution in [0.3, 0.4) is 0 Å². The van der Waals surface area contributed by atoms with Crippen LogP contribution in [0.1, 0.15) is 65.0 Å². The van der Waals surface area contributed by atoms with Crippen molar-refractivity contribution >= 4 is 11.7 Å². The lowest BCUT2D eigenvalue weighted by Gasteiger charge is -2.44. The van der Waals surface area contributed by atoms with Crippen molar-refractivity contribution in [2.24, 2.45) is 0 Å². The molecule has 2 aromatic carbocycles. The zero-order valence-electron chi connectivity index (χ0n) is 17.5. The van der Waals surface area contributed by atoms with E-state index in [0.29, 0.717) is 42.8 Å². The third kappa shape index (κ3) is 3.72. The number of ether oxygens (including phenoxy) is 1. The molecule has 0 unspecified atom stereocenters. The summed E-state index contributed by atoms with van der Waals surface area (Å²) in [6.07, 6.45) is 1.29. The van der Waals surface area contributed by atoms with Crippen molar-refractivity contribution in [3.63, 3.8) is 0 Å². The van der Waals surface area contributed by atoms with Gasteiger partial charge in [-0.25, -0.2) is 4.39 Å². The van der Waals surface area contributed by atoms with Gasteiger partial charge in [0.2, 0.25) is 0 Å². The molecule has 1 saturated heterocycles. The fourth-order valence-corrected chi connectivity index (χ4v) is 4.53. The number of aliphatic hydroxyl groups is 1. The minimum atomic E-state index is -0.965. The molecule has 0 radical (unpaired) electrons. The zero-order valence-corrected chi connectivity index (χ0v) is 17.5. The van der Waals surface area contributed by atoms with Crippen LogP contribution in [-0.4, -0.2) is 40.4 Å². The van der Waals surface area contributed by atoms with Crippen molar-refractivity contribution in [3.8, 4) is 5.75 Å². The maximum atomic E-state index is 13.5. The standard InChI is InChI=1S/C24H26FNO4/c1-15-12-16(4-6-19(15)23(2,3)29)22(28)26-10-8-24(9-11-26)14-20(27)18-13-17(25)5-7-21(18)30-24/h4-7,12-13,29H,8-11,14H2,1-3H3. The van der Waals surface area contributed by atoms with Gasteiger partial charge in [0, 0.05) is 31.5 Å². The first kappa shape index (κ1) is 20.5. The Balaban J connectivity index is 1.47. The Kier molecular flexibility index (Phi) is 4.93. The Morgan fingerprint density at radius 1 is 1.17 bits per heavy atom. The van der Waals surface area contributed by atoms with Gasteiger partial charge in [-0.15, -0.1) is 0 Å². The van der Waals surface area contributed by atoms with Crippen LogP contribution in [0, 0.1) is 12.7 Å². The number of halogens is 1. The Bertz CT molecular complexity index is 1020. The lowest BCUT2D eigenvalue weighted by Crippen LogP contribution is -2.52. The second-order valence-electron chi connectivity index (χ2n) is 8.91. The van der Waals surface area contributed by atoms with Gasteiger partial charge in [-0.1, -0.05) is 6.07 Å². The van der Waals surface area contributed by atoms with Crippen LogP contribution >= 0.6 is 0 Å². The zero-order chi connectivity index (χ0) is 21.7. The second kappa shape index (κ2) is 7.20. The van der Waals surface area contributed by atoms with Crippen molar-refractivity contribution in [2.75, 3.05) is 13.1 Å². The largest absolute Gasteiger partial charge is 0.486 e. The van der Waals surface area contributed by atoms with Gasteiger partial charge in [-0.3, -0.25) is 9.59 Å². The predicted octanol–water partition coefficient (Wildman–Crippen LogP) is 4.00. The van der Waals surface area contributed by atoms with Crippen LogP contribution in [0.2, 0.25) is 0 Å². The van der Waals surface area contributed by atoms with E-state index < -0.39 is 17.0 Å². The highest BCUT2D eigenvalue weighted by atomic mass is 19.1. The summed E-state index contributed by atoms with van der Waals surface area (Å²) in [7, 11) is 0. The monoisotopic (exact) mass is 411 g/mol. The molecule has 6 heteroatoms. The highest BCUT2D eigenvalue weighted by Gasteiger charge is 2.43. The minimum absolute atomic E-state index is 0.0696. The number of Topliss-reactive ketones (excluding diaryl/α,β-unsaturated/α-hetero) is 1. The molecule has 2 aliphatic rings. The normalized spacial score (nSPS) is 18.2. The Morgan fingerprint density at radius 3 is 2.50 bits per heavy atom. The van der Waals surface area contributed by atoms with Gasteiger partial charge in [-0.2, -0.15) is 0 Å². The Hall–Kier alpha value is -2.73. The molecule has 158 valence electrons. The summed E-state index contributed by atoms with van der Waals surface area (Å²) in [5.41, 5.74) is 0.930. The van der Waals surface area contributed by atoms with Crippen molar-refractivity contribution in [1.82, 2.24) is 4.90 Å². The van der Waals surface area contributed by atoms with Crippen LogP contribution in [-0.2, 0) is 5.60 Å². The fraction of sp³-hybridized carbons (Fsp3) is 0.417. The molecule has 0 bridgehead atoms. The number of rotatable bonds is 2. The first-order valence-corrected chi connectivity index (χ1v) is 10.2. The number of fused-ring (bicyclic) bond motifs is 1. The predicted molar refractivity (Wildman–Crippen MR) is 110 cm³/mol. The number of hydrogen-bond donors (Lipinski definition) is 1. The lowest BCUT2D eigenvalue weighted by atomic mass is 9.82. The number of benzene rings is 2. The molecule has 0 saturated carbocycles. The van der Waals surface area contributed by atoms with E-state index in [1.807, 2.05) is 13.0 Å². The number of amides is 1. The highest BCUT2D eigenvalue weighted by Crippen LogP contribution is 2.39. The van der Waals surface area contributed by atoms with Crippen molar-refractivity contribution in [2.45, 2.75) is 51.2 Å². The summed E-state index contributed by atoms with van der Waals surface area (Å²) in [4.78, 5) is 27.3. The van der Waals surface area contributed by atoms with Crippen LogP contribution < -0.4 is 4.74 Å². The molecule has 1 fully saturated rings. The molecule has 2 aromatic rings. The van der Waals surface area contributed by atoms with E-state index in [4.69, 9.17) is 4.74 Å². The van der Waals surface area contributed by atoms with Crippen LogP contribution in [0.4, 0.5) is 4.39 Å². The number of aryl methyl sites for hydroxylation is 1. The van der Waals surface area contributed by atoms with Crippen molar-refractivity contribution in [3.05, 3.63) is 64.5 Å². The number of hydrogen-bond acceptors (Lipinski definition) is 4. The number of likely N-dealkylation sites (tertiary alicyclic amines) is 1. The van der Waals surface area contributed by atoms with Gasteiger partial charge in [0.25, 0.3) is 5.91 Å². The van der Waals surface area contributed by atoms with E-state index in [2.05, 4.69) is 0 Å². The first-order chi connectivity index (χ1) is 14.1. The maximum absolute atomic E-state index is 13.5. The number of carbonyl (C=O) groups is 2.